The topological polar surface area (TPSA) is 53.0 Å². The minimum atomic E-state index is -0.879. The molecule has 0 aromatic heterocycles. The van der Waals surface area contributed by atoms with Gasteiger partial charge in [0.05, 0.1) is 0 Å². The third kappa shape index (κ3) is 1.59. The SMILES string of the molecule is Cc1c2c(c(C)c3c1ccc1ccccc13)C(O)C(O)C1OC21. The molecule has 0 bridgehead atoms. The molecule has 5 rings (SSSR count). The van der Waals surface area contributed by atoms with Gasteiger partial charge in [-0.1, -0.05) is 36.4 Å². The molecule has 1 saturated heterocycles. The van der Waals surface area contributed by atoms with Crippen molar-refractivity contribution in [2.45, 2.75) is 38.3 Å². The number of hydrogen-bond acceptors (Lipinski definition) is 3. The maximum Gasteiger partial charge on any atom is 0.118 e. The first kappa shape index (κ1) is 13.5. The third-order valence-electron chi connectivity index (χ3n) is 5.57. The quantitative estimate of drug-likeness (QED) is 0.494. The van der Waals surface area contributed by atoms with Crippen LogP contribution in [0.15, 0.2) is 36.4 Å². The maximum absolute atomic E-state index is 10.6. The summed E-state index contributed by atoms with van der Waals surface area (Å²) in [5, 5.41) is 25.6. The first-order valence-corrected chi connectivity index (χ1v) is 8.05. The van der Waals surface area contributed by atoms with E-state index in [-0.39, 0.29) is 12.2 Å². The smallest absolute Gasteiger partial charge is 0.118 e. The van der Waals surface area contributed by atoms with Gasteiger partial charge in [-0.15, -0.1) is 0 Å². The summed E-state index contributed by atoms with van der Waals surface area (Å²) in [5.41, 5.74) is 4.15. The summed E-state index contributed by atoms with van der Waals surface area (Å²) in [4.78, 5) is 0. The number of aliphatic hydroxyl groups is 2. The van der Waals surface area contributed by atoms with Gasteiger partial charge in [0, 0.05) is 0 Å². The molecule has 1 aliphatic heterocycles. The first-order chi connectivity index (χ1) is 11.1. The zero-order valence-corrected chi connectivity index (χ0v) is 13.1. The van der Waals surface area contributed by atoms with Crippen molar-refractivity contribution in [2.75, 3.05) is 0 Å². The lowest BCUT2D eigenvalue weighted by atomic mass is 9.79. The van der Waals surface area contributed by atoms with E-state index in [0.29, 0.717) is 0 Å². The first-order valence-electron chi connectivity index (χ1n) is 8.05. The molecule has 0 spiro atoms. The highest BCUT2D eigenvalue weighted by Crippen LogP contribution is 2.54. The molecule has 2 aliphatic rings. The largest absolute Gasteiger partial charge is 0.387 e. The van der Waals surface area contributed by atoms with Crippen LogP contribution in [0.1, 0.15) is 34.5 Å². The Kier molecular flexibility index (Phi) is 2.54. The van der Waals surface area contributed by atoms with Crippen LogP contribution in [0.3, 0.4) is 0 Å². The zero-order valence-electron chi connectivity index (χ0n) is 13.1. The lowest BCUT2D eigenvalue weighted by Crippen LogP contribution is -2.30. The van der Waals surface area contributed by atoms with Gasteiger partial charge in [-0.3, -0.25) is 0 Å². The predicted octanol–water partition coefficient (Wildman–Crippen LogP) is 3.46. The van der Waals surface area contributed by atoms with Gasteiger partial charge < -0.3 is 14.9 Å². The average molecular weight is 306 g/mol. The van der Waals surface area contributed by atoms with Gasteiger partial charge in [-0.2, -0.15) is 0 Å². The molecule has 23 heavy (non-hydrogen) atoms. The summed E-state index contributed by atoms with van der Waals surface area (Å²) in [6.07, 6.45) is -2.04. The minimum Gasteiger partial charge on any atom is -0.387 e. The number of aliphatic hydroxyl groups excluding tert-OH is 2. The Hall–Kier alpha value is -1.94. The van der Waals surface area contributed by atoms with Gasteiger partial charge in [0.25, 0.3) is 0 Å². The number of fused-ring (bicyclic) bond motifs is 6. The number of benzene rings is 3. The fourth-order valence-corrected chi connectivity index (χ4v) is 4.39. The van der Waals surface area contributed by atoms with Crippen molar-refractivity contribution in [1.82, 2.24) is 0 Å². The summed E-state index contributed by atoms with van der Waals surface area (Å²) in [7, 11) is 0. The molecule has 0 radical (unpaired) electrons. The van der Waals surface area contributed by atoms with Crippen molar-refractivity contribution < 1.29 is 14.9 Å². The standard InChI is InChI=1S/C20H18O3/c1-9-12-8-7-11-5-3-4-6-13(11)14(12)10(2)15-16(9)19-20(23-19)18(22)17(15)21/h3-8,17-22H,1-2H3. The molecule has 3 nitrogen and oxygen atoms in total. The molecule has 1 heterocycles. The van der Waals surface area contributed by atoms with Crippen molar-refractivity contribution >= 4 is 21.5 Å². The molecule has 116 valence electrons. The van der Waals surface area contributed by atoms with Crippen molar-refractivity contribution in [3.05, 3.63) is 58.7 Å². The fourth-order valence-electron chi connectivity index (χ4n) is 4.39. The van der Waals surface area contributed by atoms with Crippen LogP contribution in [-0.4, -0.2) is 22.4 Å². The Bertz CT molecular complexity index is 976. The van der Waals surface area contributed by atoms with E-state index in [1.165, 1.54) is 21.5 Å². The van der Waals surface area contributed by atoms with E-state index in [9.17, 15) is 10.2 Å². The van der Waals surface area contributed by atoms with Crippen LogP contribution in [0.5, 0.6) is 0 Å². The fraction of sp³-hybridized carbons (Fsp3) is 0.300. The van der Waals surface area contributed by atoms with Crippen molar-refractivity contribution in [1.29, 1.82) is 0 Å². The Labute approximate surface area is 134 Å². The molecular formula is C20H18O3. The van der Waals surface area contributed by atoms with Crippen molar-refractivity contribution in [3.8, 4) is 0 Å². The monoisotopic (exact) mass is 306 g/mol. The van der Waals surface area contributed by atoms with E-state index in [1.807, 2.05) is 19.1 Å². The molecule has 0 amide bonds. The highest BCUT2D eigenvalue weighted by Gasteiger charge is 2.55. The van der Waals surface area contributed by atoms with Crippen LogP contribution < -0.4 is 0 Å². The molecule has 0 saturated carbocycles. The normalized spacial score (nSPS) is 28.7. The van der Waals surface area contributed by atoms with Gasteiger partial charge in [-0.25, -0.2) is 0 Å². The molecule has 3 aromatic carbocycles. The van der Waals surface area contributed by atoms with Crippen molar-refractivity contribution in [3.63, 3.8) is 0 Å². The lowest BCUT2D eigenvalue weighted by Gasteiger charge is -2.28. The van der Waals surface area contributed by atoms with Crippen LogP contribution in [0.2, 0.25) is 0 Å². The summed E-state index contributed by atoms with van der Waals surface area (Å²) in [6, 6.07) is 12.6. The van der Waals surface area contributed by atoms with Gasteiger partial charge in [0.2, 0.25) is 0 Å². The Morgan fingerprint density at radius 3 is 2.48 bits per heavy atom. The van der Waals surface area contributed by atoms with E-state index >= 15 is 0 Å². The highest BCUT2D eigenvalue weighted by molar-refractivity contribution is 6.11. The number of rotatable bonds is 0. The van der Waals surface area contributed by atoms with Crippen LogP contribution in [0, 0.1) is 13.8 Å². The number of ether oxygens (including phenoxy) is 1. The minimum absolute atomic E-state index is 0.0713. The summed E-state index contributed by atoms with van der Waals surface area (Å²) >= 11 is 0. The van der Waals surface area contributed by atoms with Crippen LogP contribution >= 0.6 is 0 Å². The second kappa shape index (κ2) is 4.32. The molecule has 1 aliphatic carbocycles. The molecule has 3 aromatic rings. The number of hydrogen-bond donors (Lipinski definition) is 2. The number of epoxide rings is 1. The number of aryl methyl sites for hydroxylation is 2. The van der Waals surface area contributed by atoms with Crippen molar-refractivity contribution in [2.24, 2.45) is 0 Å². The van der Waals surface area contributed by atoms with Crippen LogP contribution in [-0.2, 0) is 4.74 Å². The van der Waals surface area contributed by atoms with Gasteiger partial charge in [-0.05, 0) is 57.6 Å². The molecule has 4 atom stereocenters. The predicted molar refractivity (Wildman–Crippen MR) is 89.5 cm³/mol. The molecule has 3 heteroatoms. The lowest BCUT2D eigenvalue weighted by molar-refractivity contribution is -0.000296. The molecule has 2 N–H and O–H groups in total. The van der Waals surface area contributed by atoms with Gasteiger partial charge >= 0.3 is 0 Å². The van der Waals surface area contributed by atoms with Crippen LogP contribution in [0.25, 0.3) is 21.5 Å². The third-order valence-corrected chi connectivity index (χ3v) is 5.57. The maximum atomic E-state index is 10.6. The Balaban J connectivity index is 1.98. The zero-order chi connectivity index (χ0) is 15.9. The average Bonchev–Trinajstić information content (AvgIpc) is 3.35. The summed E-state index contributed by atoms with van der Waals surface area (Å²) in [6.45, 7) is 4.14. The van der Waals surface area contributed by atoms with Crippen LogP contribution in [0.4, 0.5) is 0 Å². The Morgan fingerprint density at radius 1 is 0.870 bits per heavy atom. The van der Waals surface area contributed by atoms with E-state index in [1.54, 1.807) is 0 Å². The molecule has 1 fully saturated rings. The molecular weight excluding hydrogens is 288 g/mol. The second-order valence-corrected chi connectivity index (χ2v) is 6.74. The van der Waals surface area contributed by atoms with E-state index in [0.717, 1.165) is 22.3 Å². The highest BCUT2D eigenvalue weighted by atomic mass is 16.6. The van der Waals surface area contributed by atoms with Gasteiger partial charge in [0.15, 0.2) is 0 Å². The second-order valence-electron chi connectivity index (χ2n) is 6.74. The van der Waals surface area contributed by atoms with E-state index in [4.69, 9.17) is 4.74 Å². The molecule has 4 unspecified atom stereocenters. The summed E-state index contributed by atoms with van der Waals surface area (Å²) in [5.74, 6) is 0. The summed E-state index contributed by atoms with van der Waals surface area (Å²) < 4.78 is 5.65. The van der Waals surface area contributed by atoms with E-state index in [2.05, 4.69) is 31.2 Å². The van der Waals surface area contributed by atoms with Gasteiger partial charge in [0.1, 0.15) is 24.4 Å². The van der Waals surface area contributed by atoms with E-state index < -0.39 is 12.2 Å². The Morgan fingerprint density at radius 2 is 1.65 bits per heavy atom.